The largest absolute Gasteiger partial charge is 0.326 e. The molecule has 178 valence electrons. The number of anilines is 2. The average molecular weight is 508 g/mol. The first-order valence-corrected chi connectivity index (χ1v) is 12.0. The molecule has 11 heteroatoms. The Morgan fingerprint density at radius 1 is 0.943 bits per heavy atom. The van der Waals surface area contributed by atoms with Gasteiger partial charge in [-0.05, 0) is 68.4 Å². The zero-order chi connectivity index (χ0) is 24.9. The fraction of sp³-hybridized carbons (Fsp3) is 0.167. The van der Waals surface area contributed by atoms with Crippen LogP contribution >= 0.6 is 23.4 Å². The molecule has 0 aliphatic rings. The van der Waals surface area contributed by atoms with E-state index in [1.807, 2.05) is 19.9 Å². The Bertz CT molecular complexity index is 1350. The van der Waals surface area contributed by atoms with Crippen LogP contribution in [0.5, 0.6) is 0 Å². The molecule has 35 heavy (non-hydrogen) atoms. The summed E-state index contributed by atoms with van der Waals surface area (Å²) in [5.74, 6) is -0.215. The molecule has 2 amide bonds. The molecular weight excluding hydrogens is 486 g/mol. The molecule has 0 aliphatic carbocycles. The topological polar surface area (TPSA) is 115 Å². The summed E-state index contributed by atoms with van der Waals surface area (Å²) in [6.45, 7) is 5.25. The summed E-state index contributed by atoms with van der Waals surface area (Å²) in [4.78, 5) is 33.3. The maximum atomic E-state index is 13.2. The SMILES string of the molecule is CC(=O)Nc1ccc(NC(=O)c2nnn(-c3ccc(Cl)cc3)c2CSc2nc(C)cc(C)n2)cc1. The minimum Gasteiger partial charge on any atom is -0.326 e. The number of carbonyl (C=O) groups is 2. The van der Waals surface area contributed by atoms with Gasteiger partial charge in [0.1, 0.15) is 0 Å². The highest BCUT2D eigenvalue weighted by Crippen LogP contribution is 2.25. The van der Waals surface area contributed by atoms with E-state index < -0.39 is 5.91 Å². The average Bonchev–Trinajstić information content (AvgIpc) is 3.22. The molecule has 0 atom stereocenters. The Balaban J connectivity index is 1.62. The van der Waals surface area contributed by atoms with Crippen LogP contribution in [0.4, 0.5) is 11.4 Å². The van der Waals surface area contributed by atoms with Gasteiger partial charge in [-0.15, -0.1) is 5.10 Å². The summed E-state index contributed by atoms with van der Waals surface area (Å²) in [7, 11) is 0. The molecule has 4 aromatic rings. The van der Waals surface area contributed by atoms with Gasteiger partial charge in [0.2, 0.25) is 5.91 Å². The molecular formula is C24H22ClN7O2S. The van der Waals surface area contributed by atoms with Crippen molar-refractivity contribution < 1.29 is 9.59 Å². The Hall–Kier alpha value is -3.76. The molecule has 4 rings (SSSR count). The second-order valence-corrected chi connectivity index (χ2v) is 9.09. The Morgan fingerprint density at radius 2 is 1.54 bits per heavy atom. The lowest BCUT2D eigenvalue weighted by molar-refractivity contribution is -0.114. The fourth-order valence-electron chi connectivity index (χ4n) is 3.32. The van der Waals surface area contributed by atoms with Gasteiger partial charge in [0.05, 0.1) is 11.4 Å². The maximum absolute atomic E-state index is 13.2. The van der Waals surface area contributed by atoms with Crippen molar-refractivity contribution in [3.63, 3.8) is 0 Å². The number of carbonyl (C=O) groups excluding carboxylic acids is 2. The lowest BCUT2D eigenvalue weighted by Crippen LogP contribution is -2.15. The number of rotatable bonds is 7. The maximum Gasteiger partial charge on any atom is 0.278 e. The van der Waals surface area contributed by atoms with Crippen LogP contribution in [-0.4, -0.2) is 36.8 Å². The third kappa shape index (κ3) is 6.23. The molecule has 0 radical (unpaired) electrons. The van der Waals surface area contributed by atoms with Crippen molar-refractivity contribution in [2.24, 2.45) is 0 Å². The lowest BCUT2D eigenvalue weighted by atomic mass is 10.2. The number of benzene rings is 2. The number of hydrogen-bond donors (Lipinski definition) is 2. The molecule has 2 aromatic carbocycles. The molecule has 0 saturated heterocycles. The molecule has 0 aliphatic heterocycles. The number of aromatic nitrogens is 5. The third-order valence-corrected chi connectivity index (χ3v) is 5.92. The van der Waals surface area contributed by atoms with Crippen molar-refractivity contribution in [2.75, 3.05) is 10.6 Å². The van der Waals surface area contributed by atoms with Crippen molar-refractivity contribution in [2.45, 2.75) is 31.7 Å². The van der Waals surface area contributed by atoms with Crippen LogP contribution in [0.3, 0.4) is 0 Å². The first kappa shape index (κ1) is 24.4. The van der Waals surface area contributed by atoms with Crippen molar-refractivity contribution in [3.05, 3.63) is 82.4 Å². The molecule has 0 spiro atoms. The van der Waals surface area contributed by atoms with E-state index in [1.165, 1.54) is 18.7 Å². The quantitative estimate of drug-likeness (QED) is 0.272. The molecule has 0 bridgehead atoms. The minimum absolute atomic E-state index is 0.171. The minimum atomic E-state index is -0.408. The Kier molecular flexibility index (Phi) is 7.42. The summed E-state index contributed by atoms with van der Waals surface area (Å²) < 4.78 is 1.61. The van der Waals surface area contributed by atoms with E-state index in [0.29, 0.717) is 33.0 Å². The van der Waals surface area contributed by atoms with Crippen molar-refractivity contribution in [1.29, 1.82) is 0 Å². The Morgan fingerprint density at radius 3 is 2.14 bits per heavy atom. The molecule has 0 unspecified atom stereocenters. The summed E-state index contributed by atoms with van der Waals surface area (Å²) in [6, 6.07) is 15.8. The fourth-order valence-corrected chi connectivity index (χ4v) is 4.39. The van der Waals surface area contributed by atoms with E-state index in [1.54, 1.807) is 53.2 Å². The first-order chi connectivity index (χ1) is 16.8. The van der Waals surface area contributed by atoms with Crippen LogP contribution in [-0.2, 0) is 10.5 Å². The van der Waals surface area contributed by atoms with Crippen molar-refractivity contribution in [1.82, 2.24) is 25.0 Å². The van der Waals surface area contributed by atoms with Gasteiger partial charge in [-0.2, -0.15) is 0 Å². The number of hydrogen-bond acceptors (Lipinski definition) is 7. The predicted octanol–water partition coefficient (Wildman–Crippen LogP) is 4.83. The van der Waals surface area contributed by atoms with Crippen LogP contribution in [0.2, 0.25) is 5.02 Å². The van der Waals surface area contributed by atoms with Crippen LogP contribution in [0.1, 0.15) is 34.5 Å². The number of nitrogens with zero attached hydrogens (tertiary/aromatic N) is 5. The Labute approximate surface area is 211 Å². The van der Waals surface area contributed by atoms with Gasteiger partial charge in [-0.3, -0.25) is 9.59 Å². The van der Waals surface area contributed by atoms with Crippen LogP contribution in [0.25, 0.3) is 5.69 Å². The highest BCUT2D eigenvalue weighted by molar-refractivity contribution is 7.98. The molecule has 2 aromatic heterocycles. The van der Waals surface area contributed by atoms with Gasteiger partial charge >= 0.3 is 0 Å². The van der Waals surface area contributed by atoms with Crippen molar-refractivity contribution >= 4 is 46.6 Å². The standard InChI is InChI=1S/C24H22ClN7O2S/c1-14-12-15(2)27-24(26-14)35-13-21-22(30-31-32(21)20-10-4-17(25)5-11-20)23(34)29-19-8-6-18(7-9-19)28-16(3)33/h4-12H,13H2,1-3H3,(H,28,33)(H,29,34). The normalized spacial score (nSPS) is 10.7. The molecule has 2 heterocycles. The lowest BCUT2D eigenvalue weighted by Gasteiger charge is -2.09. The van der Waals surface area contributed by atoms with Gasteiger partial charge < -0.3 is 10.6 Å². The van der Waals surface area contributed by atoms with E-state index in [-0.39, 0.29) is 11.6 Å². The van der Waals surface area contributed by atoms with E-state index in [2.05, 4.69) is 30.9 Å². The summed E-state index contributed by atoms with van der Waals surface area (Å²) in [5, 5.41) is 15.1. The van der Waals surface area contributed by atoms with E-state index in [4.69, 9.17) is 11.6 Å². The molecule has 2 N–H and O–H groups in total. The van der Waals surface area contributed by atoms with Gasteiger partial charge in [0, 0.05) is 40.5 Å². The van der Waals surface area contributed by atoms with Gasteiger partial charge in [-0.25, -0.2) is 14.6 Å². The van der Waals surface area contributed by atoms with Gasteiger partial charge in [-0.1, -0.05) is 28.6 Å². The number of nitrogens with one attached hydrogen (secondary N) is 2. The number of thioether (sulfide) groups is 1. The second-order valence-electron chi connectivity index (χ2n) is 7.71. The van der Waals surface area contributed by atoms with E-state index in [0.717, 1.165) is 17.1 Å². The van der Waals surface area contributed by atoms with Crippen LogP contribution in [0, 0.1) is 13.8 Å². The summed E-state index contributed by atoms with van der Waals surface area (Å²) in [5.41, 5.74) is 4.42. The number of aryl methyl sites for hydroxylation is 2. The number of amides is 2. The second kappa shape index (κ2) is 10.7. The highest BCUT2D eigenvalue weighted by atomic mass is 35.5. The zero-order valence-electron chi connectivity index (χ0n) is 19.2. The van der Waals surface area contributed by atoms with Gasteiger partial charge in [0.25, 0.3) is 5.91 Å². The third-order valence-electron chi connectivity index (χ3n) is 4.81. The molecule has 0 fully saturated rings. The van der Waals surface area contributed by atoms with E-state index in [9.17, 15) is 9.59 Å². The smallest absolute Gasteiger partial charge is 0.278 e. The van der Waals surface area contributed by atoms with Gasteiger partial charge in [0.15, 0.2) is 10.9 Å². The first-order valence-electron chi connectivity index (χ1n) is 10.6. The monoisotopic (exact) mass is 507 g/mol. The number of halogens is 1. The van der Waals surface area contributed by atoms with E-state index >= 15 is 0 Å². The van der Waals surface area contributed by atoms with Crippen LogP contribution in [0.15, 0.2) is 59.8 Å². The van der Waals surface area contributed by atoms with Crippen LogP contribution < -0.4 is 10.6 Å². The molecule has 9 nitrogen and oxygen atoms in total. The summed E-state index contributed by atoms with van der Waals surface area (Å²) in [6.07, 6.45) is 0. The highest BCUT2D eigenvalue weighted by Gasteiger charge is 2.22. The predicted molar refractivity (Wildman–Crippen MR) is 136 cm³/mol. The summed E-state index contributed by atoms with van der Waals surface area (Å²) >= 11 is 7.44. The van der Waals surface area contributed by atoms with Crippen molar-refractivity contribution in [3.8, 4) is 5.69 Å². The zero-order valence-corrected chi connectivity index (χ0v) is 20.8. The molecule has 0 saturated carbocycles.